The van der Waals surface area contributed by atoms with Crippen molar-refractivity contribution in [2.75, 3.05) is 36.9 Å². The molecule has 4 amide bonds. The van der Waals surface area contributed by atoms with Gasteiger partial charge in [0.2, 0.25) is 0 Å². The van der Waals surface area contributed by atoms with Gasteiger partial charge >= 0.3 is 18.2 Å². The fraction of sp³-hybridized carbons (Fsp3) is 0.389. The smallest absolute Gasteiger partial charge is 0.341 e. The van der Waals surface area contributed by atoms with Crippen molar-refractivity contribution < 1.29 is 27.2 Å². The van der Waals surface area contributed by atoms with Crippen LogP contribution in [0.15, 0.2) is 24.4 Å². The van der Waals surface area contributed by atoms with E-state index in [1.165, 1.54) is 22.9 Å². The quantitative estimate of drug-likeness (QED) is 0.661. The van der Waals surface area contributed by atoms with Gasteiger partial charge in [0.25, 0.3) is 0 Å². The number of hydrogen-bond donors (Lipinski definition) is 2. The first-order chi connectivity index (χ1) is 14.1. The molecule has 30 heavy (non-hydrogen) atoms. The first kappa shape index (κ1) is 20.4. The van der Waals surface area contributed by atoms with E-state index in [0.717, 1.165) is 18.3 Å². The number of anilines is 2. The van der Waals surface area contributed by atoms with Gasteiger partial charge in [0.15, 0.2) is 10.3 Å². The molecular formula is C18H17F4N5O2S. The Kier molecular flexibility index (Phi) is 4.83. The number of nitrogens with one attached hydrogen (secondary N) is 2. The molecule has 4 rings (SSSR count). The molecule has 12 heteroatoms. The molecule has 1 saturated heterocycles. The van der Waals surface area contributed by atoms with Gasteiger partial charge in [0.1, 0.15) is 0 Å². The van der Waals surface area contributed by atoms with E-state index in [9.17, 15) is 27.2 Å². The zero-order valence-corrected chi connectivity index (χ0v) is 16.5. The Bertz CT molecular complexity index is 1010. The molecule has 0 radical (unpaired) electrons. The number of aromatic nitrogens is 1. The summed E-state index contributed by atoms with van der Waals surface area (Å²) in [6.45, 7) is 0.621. The normalized spacial score (nSPS) is 20.6. The van der Waals surface area contributed by atoms with Crippen LogP contribution in [-0.2, 0) is 11.6 Å². The summed E-state index contributed by atoms with van der Waals surface area (Å²) in [4.78, 5) is 31.5. The molecule has 2 aliphatic heterocycles. The third-order valence-corrected chi connectivity index (χ3v) is 6.14. The molecule has 1 aromatic carbocycles. The zero-order valence-electron chi connectivity index (χ0n) is 15.7. The van der Waals surface area contributed by atoms with Gasteiger partial charge in [0.05, 0.1) is 11.8 Å². The second-order valence-electron chi connectivity index (χ2n) is 7.22. The highest BCUT2D eigenvalue weighted by Gasteiger charge is 2.50. The van der Waals surface area contributed by atoms with Gasteiger partial charge in [-0.25, -0.2) is 14.6 Å². The number of nitrogens with zero attached hydrogens (tertiary/aromatic N) is 3. The van der Waals surface area contributed by atoms with E-state index in [2.05, 4.69) is 15.6 Å². The van der Waals surface area contributed by atoms with Crippen molar-refractivity contribution >= 4 is 34.2 Å². The maximum absolute atomic E-state index is 13.3. The second kappa shape index (κ2) is 7.11. The lowest BCUT2D eigenvalue weighted by Gasteiger charge is -2.25. The van der Waals surface area contributed by atoms with Crippen LogP contribution in [0.25, 0.3) is 0 Å². The highest BCUT2D eigenvalue weighted by Crippen LogP contribution is 2.48. The molecule has 1 aromatic heterocycles. The fourth-order valence-corrected chi connectivity index (χ4v) is 4.58. The minimum Gasteiger partial charge on any atom is -0.341 e. The number of hydrogen-bond acceptors (Lipinski definition) is 4. The monoisotopic (exact) mass is 443 g/mol. The number of benzene rings is 1. The van der Waals surface area contributed by atoms with Crippen LogP contribution in [0.2, 0.25) is 0 Å². The number of carbonyl (C=O) groups excluding carboxylic acids is 2. The van der Waals surface area contributed by atoms with Crippen LogP contribution in [0.4, 0.5) is 38.0 Å². The van der Waals surface area contributed by atoms with E-state index in [-0.39, 0.29) is 24.3 Å². The largest absolute Gasteiger partial charge is 0.416 e. The molecule has 160 valence electrons. The average Bonchev–Trinajstić information content (AvgIpc) is 3.39. The van der Waals surface area contributed by atoms with Crippen molar-refractivity contribution in [2.45, 2.75) is 18.0 Å². The summed E-state index contributed by atoms with van der Waals surface area (Å²) < 4.78 is 53.2. The first-order valence-electron chi connectivity index (χ1n) is 9.01. The topological polar surface area (TPSA) is 77.6 Å². The van der Waals surface area contributed by atoms with Crippen molar-refractivity contribution in [3.05, 3.63) is 40.7 Å². The molecule has 2 N–H and O–H groups in total. The van der Waals surface area contributed by atoms with Crippen molar-refractivity contribution in [1.82, 2.24) is 15.2 Å². The summed E-state index contributed by atoms with van der Waals surface area (Å²) in [5.41, 5.74) is -0.946. The molecule has 1 atom stereocenters. The number of alkyl halides is 3. The van der Waals surface area contributed by atoms with Gasteiger partial charge in [-0.1, -0.05) is 11.3 Å². The van der Waals surface area contributed by atoms with Crippen LogP contribution in [-0.4, -0.2) is 48.6 Å². The number of thiazole rings is 1. The molecule has 0 unspecified atom stereocenters. The van der Waals surface area contributed by atoms with E-state index >= 15 is 0 Å². The van der Waals surface area contributed by atoms with Crippen molar-refractivity contribution in [2.24, 2.45) is 0 Å². The molecule has 0 bridgehead atoms. The minimum atomic E-state index is -4.54. The molecule has 1 fully saturated rings. The van der Waals surface area contributed by atoms with Gasteiger partial charge < -0.3 is 10.2 Å². The highest BCUT2D eigenvalue weighted by atomic mass is 32.1. The van der Waals surface area contributed by atoms with Crippen LogP contribution in [0.1, 0.15) is 17.5 Å². The number of likely N-dealkylation sites (tertiary alicyclic amines) is 1. The number of amides is 4. The van der Waals surface area contributed by atoms with Gasteiger partial charge in [-0.15, -0.1) is 0 Å². The SMILES string of the molecule is CNC(=O)N1CC[C@@]2(C1)CN(C(=O)Nc1ncc(F)s1)c1ccc(C(F)(F)F)cc12. The third kappa shape index (κ3) is 3.44. The highest BCUT2D eigenvalue weighted by molar-refractivity contribution is 7.14. The third-order valence-electron chi connectivity index (χ3n) is 5.44. The van der Waals surface area contributed by atoms with E-state index < -0.39 is 28.3 Å². The zero-order chi connectivity index (χ0) is 21.7. The second-order valence-corrected chi connectivity index (χ2v) is 8.20. The predicted molar refractivity (Wildman–Crippen MR) is 102 cm³/mol. The number of urea groups is 2. The first-order valence-corrected chi connectivity index (χ1v) is 9.83. The Labute approximate surface area is 172 Å². The van der Waals surface area contributed by atoms with Gasteiger partial charge in [-0.3, -0.25) is 10.2 Å². The van der Waals surface area contributed by atoms with Crippen molar-refractivity contribution in [1.29, 1.82) is 0 Å². The van der Waals surface area contributed by atoms with Crippen LogP contribution in [0, 0.1) is 5.13 Å². The molecule has 0 saturated carbocycles. The number of carbonyl (C=O) groups is 2. The maximum atomic E-state index is 13.3. The standard InChI is InChI=1S/C18H17F4N5O2S/c1-23-15(28)26-5-4-17(8-26)9-27(16(29)25-14-24-7-13(19)30-14)12-3-2-10(6-11(12)17)18(20,21)22/h2-3,6-7H,4-5,8-9H2,1H3,(H,23,28)(H,24,25,29)/t17-/m1/s1. The Balaban J connectivity index is 1.70. The Morgan fingerprint density at radius 3 is 2.63 bits per heavy atom. The molecule has 2 aromatic rings. The van der Waals surface area contributed by atoms with Crippen molar-refractivity contribution in [3.8, 4) is 0 Å². The van der Waals surface area contributed by atoms with Crippen molar-refractivity contribution in [3.63, 3.8) is 0 Å². The van der Waals surface area contributed by atoms with Crippen LogP contribution in [0.3, 0.4) is 0 Å². The lowest BCUT2D eigenvalue weighted by atomic mass is 9.81. The van der Waals surface area contributed by atoms with E-state index in [0.29, 0.717) is 35.6 Å². The Morgan fingerprint density at radius 2 is 2.00 bits per heavy atom. The maximum Gasteiger partial charge on any atom is 0.416 e. The summed E-state index contributed by atoms with van der Waals surface area (Å²) in [5.74, 6) is 0. The number of halogens is 4. The van der Waals surface area contributed by atoms with Crippen LogP contribution >= 0.6 is 11.3 Å². The fourth-order valence-electron chi connectivity index (χ4n) is 4.05. The Morgan fingerprint density at radius 1 is 1.23 bits per heavy atom. The van der Waals surface area contributed by atoms with Gasteiger partial charge in [0, 0.05) is 37.8 Å². The Hall–Kier alpha value is -2.89. The summed E-state index contributed by atoms with van der Waals surface area (Å²) in [7, 11) is 1.48. The number of fused-ring (bicyclic) bond motifs is 2. The van der Waals surface area contributed by atoms with E-state index in [1.807, 2.05) is 0 Å². The average molecular weight is 443 g/mol. The van der Waals surface area contributed by atoms with Gasteiger partial charge in [-0.2, -0.15) is 17.6 Å². The molecule has 2 aliphatic rings. The lowest BCUT2D eigenvalue weighted by Crippen LogP contribution is -2.43. The minimum absolute atomic E-state index is 0.0466. The van der Waals surface area contributed by atoms with E-state index in [1.54, 1.807) is 0 Å². The lowest BCUT2D eigenvalue weighted by molar-refractivity contribution is -0.137. The molecule has 0 aliphatic carbocycles. The van der Waals surface area contributed by atoms with Crippen LogP contribution in [0.5, 0.6) is 0 Å². The number of rotatable bonds is 1. The summed E-state index contributed by atoms with van der Waals surface area (Å²) >= 11 is 0.647. The summed E-state index contributed by atoms with van der Waals surface area (Å²) in [6, 6.07) is 2.28. The molecule has 3 heterocycles. The molecule has 7 nitrogen and oxygen atoms in total. The summed E-state index contributed by atoms with van der Waals surface area (Å²) in [5, 5.41) is 4.47. The van der Waals surface area contributed by atoms with Crippen LogP contribution < -0.4 is 15.5 Å². The molecular weight excluding hydrogens is 426 g/mol. The van der Waals surface area contributed by atoms with Gasteiger partial charge in [-0.05, 0) is 30.2 Å². The summed E-state index contributed by atoms with van der Waals surface area (Å²) in [6.07, 6.45) is -3.17. The van der Waals surface area contributed by atoms with E-state index in [4.69, 9.17) is 0 Å². The predicted octanol–water partition coefficient (Wildman–Crippen LogP) is 3.64. The molecule has 1 spiro atoms.